The summed E-state index contributed by atoms with van der Waals surface area (Å²) in [4.78, 5) is 4.81. The monoisotopic (exact) mass is 450 g/mol. The Balaban J connectivity index is 1.14. The van der Waals surface area contributed by atoms with E-state index >= 15 is 0 Å². The number of rotatable bonds is 8. The zero-order valence-corrected chi connectivity index (χ0v) is 18.6. The van der Waals surface area contributed by atoms with E-state index in [1.54, 1.807) is 0 Å². The van der Waals surface area contributed by atoms with Gasteiger partial charge in [-0.25, -0.2) is 0 Å². The molecule has 2 heterocycles. The van der Waals surface area contributed by atoms with Crippen molar-refractivity contribution in [3.05, 3.63) is 34.3 Å². The average Bonchev–Trinajstić information content (AvgIpc) is 3.05. The molecule has 3 aliphatic rings. The number of nitrogens with one attached hydrogen (secondary N) is 2. The summed E-state index contributed by atoms with van der Waals surface area (Å²) in [5.41, 5.74) is 1.99. The van der Waals surface area contributed by atoms with Crippen LogP contribution in [0.4, 0.5) is 0 Å². The second-order valence-electron chi connectivity index (χ2n) is 8.46. The molecule has 1 saturated carbocycles. The van der Waals surface area contributed by atoms with Gasteiger partial charge in [-0.1, -0.05) is 28.1 Å². The Labute approximate surface area is 176 Å². The Hall–Kier alpha value is -0.560. The van der Waals surface area contributed by atoms with Crippen LogP contribution in [0, 0.1) is 17.2 Å². The van der Waals surface area contributed by atoms with Gasteiger partial charge in [-0.2, -0.15) is 0 Å². The number of amidine groups is 1. The van der Waals surface area contributed by atoms with Crippen LogP contribution in [-0.4, -0.2) is 67.0 Å². The van der Waals surface area contributed by atoms with E-state index in [4.69, 9.17) is 5.41 Å². The zero-order chi connectivity index (χ0) is 18.9. The van der Waals surface area contributed by atoms with Gasteiger partial charge in [0, 0.05) is 42.5 Å². The molecule has 2 N–H and O–H groups in total. The van der Waals surface area contributed by atoms with Crippen molar-refractivity contribution >= 4 is 33.5 Å². The topological polar surface area (TPSA) is 42.4 Å². The van der Waals surface area contributed by atoms with Crippen LogP contribution in [-0.2, 0) is 5.41 Å². The highest BCUT2D eigenvalue weighted by molar-refractivity contribution is 9.10. The van der Waals surface area contributed by atoms with Crippen molar-refractivity contribution in [2.24, 2.45) is 11.8 Å². The first-order valence-electron chi connectivity index (χ1n) is 10.1. The molecule has 1 aliphatic carbocycles. The van der Waals surface area contributed by atoms with Crippen LogP contribution in [0.5, 0.6) is 0 Å². The van der Waals surface area contributed by atoms with Crippen molar-refractivity contribution in [2.75, 3.05) is 51.4 Å². The van der Waals surface area contributed by atoms with Gasteiger partial charge in [0.05, 0.1) is 5.88 Å². The number of likely N-dealkylation sites (tertiary alicyclic amines) is 1. The molecule has 1 aromatic carbocycles. The van der Waals surface area contributed by atoms with Gasteiger partial charge in [-0.15, -0.1) is 11.8 Å². The highest BCUT2D eigenvalue weighted by Crippen LogP contribution is 2.59. The Kier molecular flexibility index (Phi) is 6.17. The summed E-state index contributed by atoms with van der Waals surface area (Å²) in [6, 6.07) is 9.01. The summed E-state index contributed by atoms with van der Waals surface area (Å²) < 4.78 is 1.17. The molecule has 2 aliphatic heterocycles. The SMILES string of the molecule is CN(CSCCCN1CC2C[C@]2(c2ccc(Br)cc2)C1)C(=N)C1CCNC1. The largest absolute Gasteiger partial charge is 0.354 e. The molecule has 2 saturated heterocycles. The first-order valence-corrected chi connectivity index (χ1v) is 12.1. The second kappa shape index (κ2) is 8.44. The maximum atomic E-state index is 8.31. The predicted molar refractivity (Wildman–Crippen MR) is 119 cm³/mol. The smallest absolute Gasteiger partial charge is 0.101 e. The van der Waals surface area contributed by atoms with Gasteiger partial charge in [0.2, 0.25) is 0 Å². The van der Waals surface area contributed by atoms with Crippen LogP contribution in [0.3, 0.4) is 0 Å². The molecule has 3 fully saturated rings. The third kappa shape index (κ3) is 4.39. The third-order valence-corrected chi connectivity index (χ3v) is 8.22. The molecule has 3 atom stereocenters. The summed E-state index contributed by atoms with van der Waals surface area (Å²) in [7, 11) is 2.07. The molecule has 0 radical (unpaired) electrons. The van der Waals surface area contributed by atoms with Crippen molar-refractivity contribution in [1.29, 1.82) is 5.41 Å². The minimum Gasteiger partial charge on any atom is -0.354 e. The van der Waals surface area contributed by atoms with Crippen LogP contribution >= 0.6 is 27.7 Å². The highest BCUT2D eigenvalue weighted by atomic mass is 79.9. The first kappa shape index (κ1) is 19.7. The van der Waals surface area contributed by atoms with Gasteiger partial charge >= 0.3 is 0 Å². The van der Waals surface area contributed by atoms with Crippen LogP contribution in [0.2, 0.25) is 0 Å². The number of fused-ring (bicyclic) bond motifs is 1. The molecule has 27 heavy (non-hydrogen) atoms. The maximum Gasteiger partial charge on any atom is 0.101 e. The summed E-state index contributed by atoms with van der Waals surface area (Å²) >= 11 is 5.53. The Morgan fingerprint density at radius 3 is 2.96 bits per heavy atom. The van der Waals surface area contributed by atoms with Gasteiger partial charge in [0.15, 0.2) is 0 Å². The molecular weight excluding hydrogens is 420 g/mol. The highest BCUT2D eigenvalue weighted by Gasteiger charge is 2.60. The molecule has 0 spiro atoms. The molecule has 0 bridgehead atoms. The normalized spacial score (nSPS) is 29.7. The summed E-state index contributed by atoms with van der Waals surface area (Å²) in [6.45, 7) is 5.77. The number of nitrogens with zero attached hydrogens (tertiary/aromatic N) is 2. The number of hydrogen-bond acceptors (Lipinski definition) is 4. The van der Waals surface area contributed by atoms with Crippen LogP contribution in [0.1, 0.15) is 24.8 Å². The van der Waals surface area contributed by atoms with E-state index in [-0.39, 0.29) is 0 Å². The number of piperidine rings is 1. The molecule has 2 unspecified atom stereocenters. The van der Waals surface area contributed by atoms with E-state index in [1.165, 1.54) is 48.3 Å². The van der Waals surface area contributed by atoms with E-state index in [0.29, 0.717) is 11.3 Å². The number of benzene rings is 1. The first-order chi connectivity index (χ1) is 13.1. The van der Waals surface area contributed by atoms with E-state index in [0.717, 1.165) is 37.1 Å². The van der Waals surface area contributed by atoms with Gasteiger partial charge in [0.25, 0.3) is 0 Å². The van der Waals surface area contributed by atoms with E-state index in [9.17, 15) is 0 Å². The fourth-order valence-corrected chi connectivity index (χ4v) is 5.99. The van der Waals surface area contributed by atoms with Crippen LogP contribution in [0.15, 0.2) is 28.7 Å². The Morgan fingerprint density at radius 2 is 2.22 bits per heavy atom. The van der Waals surface area contributed by atoms with Gasteiger partial charge in [-0.3, -0.25) is 5.41 Å². The summed E-state index contributed by atoms with van der Waals surface area (Å²) in [5.74, 6) is 4.23. The van der Waals surface area contributed by atoms with Crippen LogP contribution in [0.25, 0.3) is 0 Å². The summed E-state index contributed by atoms with van der Waals surface area (Å²) in [6.07, 6.45) is 3.74. The van der Waals surface area contributed by atoms with Gasteiger partial charge in [-0.05, 0) is 61.7 Å². The number of halogens is 1. The van der Waals surface area contributed by atoms with Crippen LogP contribution < -0.4 is 5.32 Å². The standard InChI is InChI=1S/C21H31BrN4S/c1-25(20(23)16-7-8-24-12-16)15-27-10-2-9-26-13-18-11-21(18,14-26)17-3-5-19(22)6-4-17/h3-6,16,18,23-24H,2,7-15H2,1H3/t16?,18?,21-/m1/s1. The quantitative estimate of drug-likeness (QED) is 0.274. The predicted octanol–water partition coefficient (Wildman–Crippen LogP) is 3.62. The minimum absolute atomic E-state index is 0.418. The molecule has 4 rings (SSSR count). The molecule has 148 valence electrons. The van der Waals surface area contributed by atoms with Crippen molar-refractivity contribution in [2.45, 2.75) is 24.7 Å². The Morgan fingerprint density at radius 1 is 1.41 bits per heavy atom. The number of thioether (sulfide) groups is 1. The Bertz CT molecular complexity index is 661. The molecule has 0 amide bonds. The minimum atomic E-state index is 0.418. The second-order valence-corrected chi connectivity index (χ2v) is 10.5. The van der Waals surface area contributed by atoms with E-state index in [2.05, 4.69) is 62.4 Å². The molecule has 6 heteroatoms. The lowest BCUT2D eigenvalue weighted by molar-refractivity contribution is 0.299. The fraction of sp³-hybridized carbons (Fsp3) is 0.667. The molecule has 1 aromatic rings. The fourth-order valence-electron chi connectivity index (χ4n) is 4.85. The van der Waals surface area contributed by atoms with E-state index in [1.807, 2.05) is 11.8 Å². The molecule has 4 nitrogen and oxygen atoms in total. The van der Waals surface area contributed by atoms with Crippen molar-refractivity contribution < 1.29 is 0 Å². The lowest BCUT2D eigenvalue weighted by Crippen LogP contribution is -2.33. The lowest BCUT2D eigenvalue weighted by Gasteiger charge is -2.24. The lowest BCUT2D eigenvalue weighted by atomic mass is 9.95. The van der Waals surface area contributed by atoms with Crippen molar-refractivity contribution in [3.63, 3.8) is 0 Å². The summed E-state index contributed by atoms with van der Waals surface area (Å²) in [5, 5.41) is 11.7. The maximum absolute atomic E-state index is 8.31. The van der Waals surface area contributed by atoms with Crippen molar-refractivity contribution in [3.8, 4) is 0 Å². The average molecular weight is 451 g/mol. The number of hydrogen-bond donors (Lipinski definition) is 2. The van der Waals surface area contributed by atoms with Gasteiger partial charge < -0.3 is 15.1 Å². The molecular formula is C21H31BrN4S. The zero-order valence-electron chi connectivity index (χ0n) is 16.2. The van der Waals surface area contributed by atoms with Gasteiger partial charge in [0.1, 0.15) is 5.84 Å². The third-order valence-electron chi connectivity index (χ3n) is 6.54. The van der Waals surface area contributed by atoms with Crippen molar-refractivity contribution in [1.82, 2.24) is 15.1 Å². The molecule has 0 aromatic heterocycles. The van der Waals surface area contributed by atoms with E-state index < -0.39 is 0 Å².